The monoisotopic (exact) mass is 752 g/mol. The summed E-state index contributed by atoms with van der Waals surface area (Å²) in [6.07, 6.45) is 46.8. The molecule has 0 heterocycles. The predicted molar refractivity (Wildman–Crippen MR) is 228 cm³/mol. The molecule has 0 aliphatic carbocycles. The summed E-state index contributed by atoms with van der Waals surface area (Å²) in [7, 11) is 0. The molecule has 0 aromatic carbocycles. The number of nitrogens with one attached hydrogen (secondary N) is 1. The molecule has 0 aromatic rings. The molecule has 0 bridgehead atoms. The van der Waals surface area contributed by atoms with Crippen LogP contribution in [-0.2, 0) is 4.79 Å². The van der Waals surface area contributed by atoms with Gasteiger partial charge in [-0.15, -0.1) is 0 Å². The molecule has 0 fully saturated rings. The van der Waals surface area contributed by atoms with Gasteiger partial charge in [-0.25, -0.2) is 0 Å². The molecular formula is C47H93NO5. The van der Waals surface area contributed by atoms with Crippen molar-refractivity contribution in [2.75, 3.05) is 6.61 Å². The van der Waals surface area contributed by atoms with Gasteiger partial charge in [0.1, 0.15) is 12.2 Å². The number of unbranched alkanes of at least 4 members (excludes halogenated alkanes) is 32. The third-order valence-electron chi connectivity index (χ3n) is 11.2. The Labute approximate surface area is 330 Å². The number of amides is 1. The molecule has 0 aliphatic heterocycles. The fraction of sp³-hybridized carbons (Fsp3) is 0.936. The molecular weight excluding hydrogens is 659 g/mol. The Morgan fingerprint density at radius 1 is 0.453 bits per heavy atom. The minimum Gasteiger partial charge on any atom is -0.394 e. The molecule has 0 rings (SSSR count). The second-order valence-corrected chi connectivity index (χ2v) is 16.5. The number of aliphatic hydroxyl groups excluding tert-OH is 4. The Morgan fingerprint density at radius 2 is 0.774 bits per heavy atom. The van der Waals surface area contributed by atoms with Gasteiger partial charge in [-0.2, -0.15) is 0 Å². The summed E-state index contributed by atoms with van der Waals surface area (Å²) in [6.45, 7) is 4.06. The van der Waals surface area contributed by atoms with E-state index in [9.17, 15) is 25.2 Å². The van der Waals surface area contributed by atoms with E-state index in [1.54, 1.807) is 0 Å². The van der Waals surface area contributed by atoms with Crippen molar-refractivity contribution in [2.24, 2.45) is 0 Å². The average Bonchev–Trinajstić information content (AvgIpc) is 3.16. The van der Waals surface area contributed by atoms with Crippen LogP contribution in [0.4, 0.5) is 0 Å². The molecule has 0 aliphatic rings. The highest BCUT2D eigenvalue weighted by molar-refractivity contribution is 5.80. The first-order chi connectivity index (χ1) is 26.0. The fourth-order valence-corrected chi connectivity index (χ4v) is 7.46. The van der Waals surface area contributed by atoms with Crippen LogP contribution in [0.25, 0.3) is 0 Å². The van der Waals surface area contributed by atoms with E-state index in [-0.39, 0.29) is 0 Å². The van der Waals surface area contributed by atoms with Crippen molar-refractivity contribution in [1.29, 1.82) is 0 Å². The Bertz CT molecular complexity index is 761. The number of rotatable bonds is 43. The van der Waals surface area contributed by atoms with E-state index in [1.165, 1.54) is 186 Å². The summed E-state index contributed by atoms with van der Waals surface area (Å²) in [5.74, 6) is -0.589. The van der Waals surface area contributed by atoms with Crippen LogP contribution in [0.3, 0.4) is 0 Å². The van der Waals surface area contributed by atoms with Crippen LogP contribution in [0.15, 0.2) is 12.2 Å². The first-order valence-corrected chi connectivity index (χ1v) is 23.6. The Kier molecular flexibility index (Phi) is 41.4. The van der Waals surface area contributed by atoms with Crippen molar-refractivity contribution in [3.05, 3.63) is 12.2 Å². The highest BCUT2D eigenvalue weighted by Crippen LogP contribution is 2.17. The molecule has 6 nitrogen and oxygen atoms in total. The van der Waals surface area contributed by atoms with E-state index >= 15 is 0 Å². The van der Waals surface area contributed by atoms with Gasteiger partial charge in [0.05, 0.1) is 18.8 Å². The van der Waals surface area contributed by atoms with Crippen LogP contribution < -0.4 is 5.32 Å². The van der Waals surface area contributed by atoms with Crippen molar-refractivity contribution in [3.8, 4) is 0 Å². The maximum absolute atomic E-state index is 12.5. The molecule has 0 spiro atoms. The smallest absolute Gasteiger partial charge is 0.249 e. The summed E-state index contributed by atoms with van der Waals surface area (Å²) in [5.41, 5.74) is 0. The number of allylic oxidation sites excluding steroid dienone is 2. The van der Waals surface area contributed by atoms with E-state index in [0.717, 1.165) is 38.5 Å². The SMILES string of the molecule is CCCCCCCCCCCCCC/C=C/CCCC(O)C(O)C(CO)NC(=O)C(O)CCCCCCCCCCCCCCCCCCCCCC. The molecule has 0 saturated carbocycles. The van der Waals surface area contributed by atoms with Gasteiger partial charge in [0.25, 0.3) is 0 Å². The lowest BCUT2D eigenvalue weighted by Crippen LogP contribution is -2.53. The van der Waals surface area contributed by atoms with Crippen LogP contribution in [0, 0.1) is 0 Å². The average molecular weight is 752 g/mol. The van der Waals surface area contributed by atoms with E-state index in [2.05, 4.69) is 31.3 Å². The molecule has 0 saturated heterocycles. The standard InChI is InChI=1S/C47H93NO5/c1-3-5-7-9-11-13-15-17-19-21-22-23-25-27-29-31-33-35-37-39-41-45(51)47(53)48-43(42-49)46(52)44(50)40-38-36-34-32-30-28-26-24-20-18-16-14-12-10-8-6-4-2/h32,34,43-46,49-52H,3-31,33,35-42H2,1-2H3,(H,48,53)/b34-32+. The molecule has 53 heavy (non-hydrogen) atoms. The second-order valence-electron chi connectivity index (χ2n) is 16.5. The zero-order valence-electron chi connectivity index (χ0n) is 35.5. The van der Waals surface area contributed by atoms with Gasteiger partial charge in [0.15, 0.2) is 0 Å². The Morgan fingerprint density at radius 3 is 1.13 bits per heavy atom. The van der Waals surface area contributed by atoms with Crippen LogP contribution >= 0.6 is 0 Å². The topological polar surface area (TPSA) is 110 Å². The van der Waals surface area contributed by atoms with Gasteiger partial charge in [-0.3, -0.25) is 4.79 Å². The lowest BCUT2D eigenvalue weighted by molar-refractivity contribution is -0.132. The maximum atomic E-state index is 12.5. The highest BCUT2D eigenvalue weighted by atomic mass is 16.3. The van der Waals surface area contributed by atoms with Crippen molar-refractivity contribution < 1.29 is 25.2 Å². The normalized spacial score (nSPS) is 14.2. The molecule has 6 heteroatoms. The third-order valence-corrected chi connectivity index (χ3v) is 11.2. The minimum absolute atomic E-state index is 0.368. The zero-order chi connectivity index (χ0) is 38.9. The second kappa shape index (κ2) is 42.2. The summed E-state index contributed by atoms with van der Waals surface area (Å²) >= 11 is 0. The van der Waals surface area contributed by atoms with E-state index < -0.39 is 36.9 Å². The minimum atomic E-state index is -1.28. The predicted octanol–water partition coefficient (Wildman–Crippen LogP) is 12.6. The van der Waals surface area contributed by atoms with E-state index in [0.29, 0.717) is 12.8 Å². The first kappa shape index (κ1) is 52.0. The number of carbonyl (C=O) groups excluding carboxylic acids is 1. The zero-order valence-corrected chi connectivity index (χ0v) is 35.5. The summed E-state index contributed by atoms with van der Waals surface area (Å²) in [5, 5.41) is 43.7. The van der Waals surface area contributed by atoms with Crippen LogP contribution in [0.2, 0.25) is 0 Å². The molecule has 0 radical (unpaired) electrons. The van der Waals surface area contributed by atoms with Crippen LogP contribution in [0.5, 0.6) is 0 Å². The quantitative estimate of drug-likeness (QED) is 0.0315. The van der Waals surface area contributed by atoms with Crippen molar-refractivity contribution in [2.45, 2.75) is 276 Å². The first-order valence-electron chi connectivity index (χ1n) is 23.6. The lowest BCUT2D eigenvalue weighted by atomic mass is 10.00. The highest BCUT2D eigenvalue weighted by Gasteiger charge is 2.28. The van der Waals surface area contributed by atoms with Crippen molar-refractivity contribution in [1.82, 2.24) is 5.32 Å². The van der Waals surface area contributed by atoms with Gasteiger partial charge in [0, 0.05) is 0 Å². The fourth-order valence-electron chi connectivity index (χ4n) is 7.46. The van der Waals surface area contributed by atoms with Gasteiger partial charge in [-0.05, 0) is 38.5 Å². The number of hydrogen-bond donors (Lipinski definition) is 5. The maximum Gasteiger partial charge on any atom is 0.249 e. The largest absolute Gasteiger partial charge is 0.394 e. The Hall–Kier alpha value is -0.950. The molecule has 5 N–H and O–H groups in total. The van der Waals surface area contributed by atoms with Gasteiger partial charge in [0.2, 0.25) is 5.91 Å². The summed E-state index contributed by atoms with van der Waals surface area (Å²) < 4.78 is 0. The van der Waals surface area contributed by atoms with E-state index in [4.69, 9.17) is 0 Å². The Balaban J connectivity index is 3.71. The number of aliphatic hydroxyl groups is 4. The van der Waals surface area contributed by atoms with Gasteiger partial charge < -0.3 is 25.7 Å². The summed E-state index contributed by atoms with van der Waals surface area (Å²) in [4.78, 5) is 12.5. The third kappa shape index (κ3) is 36.4. The molecule has 316 valence electrons. The van der Waals surface area contributed by atoms with Gasteiger partial charge >= 0.3 is 0 Å². The van der Waals surface area contributed by atoms with Crippen LogP contribution in [-0.4, -0.2) is 57.3 Å². The van der Waals surface area contributed by atoms with E-state index in [1.807, 2.05) is 0 Å². The molecule has 4 unspecified atom stereocenters. The van der Waals surface area contributed by atoms with Crippen LogP contribution in [0.1, 0.15) is 251 Å². The van der Waals surface area contributed by atoms with Crippen molar-refractivity contribution >= 4 is 5.91 Å². The van der Waals surface area contributed by atoms with Crippen molar-refractivity contribution in [3.63, 3.8) is 0 Å². The molecule has 4 atom stereocenters. The molecule has 0 aromatic heterocycles. The number of carbonyl (C=O) groups is 1. The molecule has 1 amide bonds. The van der Waals surface area contributed by atoms with Gasteiger partial charge in [-0.1, -0.05) is 225 Å². The lowest BCUT2D eigenvalue weighted by Gasteiger charge is -2.27. The summed E-state index contributed by atoms with van der Waals surface area (Å²) in [6, 6.07) is -0.997. The number of hydrogen-bond acceptors (Lipinski definition) is 5.